The Balaban J connectivity index is 1.03. The lowest BCUT2D eigenvalue weighted by atomic mass is 9.87. The molecule has 0 radical (unpaired) electrons. The zero-order valence-corrected chi connectivity index (χ0v) is 16.3. The first-order chi connectivity index (χ1) is 13.3. The molecule has 2 aliphatic heterocycles. The molecule has 0 bridgehead atoms. The zero-order chi connectivity index (χ0) is 18.3. The van der Waals surface area contributed by atoms with E-state index in [2.05, 4.69) is 12.2 Å². The lowest BCUT2D eigenvalue weighted by molar-refractivity contribution is 0.0140. The van der Waals surface area contributed by atoms with Gasteiger partial charge in [-0.3, -0.25) is 0 Å². The summed E-state index contributed by atoms with van der Waals surface area (Å²) in [6, 6.07) is 0. The van der Waals surface area contributed by atoms with E-state index in [0.717, 1.165) is 52.1 Å². The molecule has 0 N–H and O–H groups in total. The molecule has 0 aromatic carbocycles. The standard InChI is InChI=1S/C22H34O5/c1-5-19(24-13-21-15-26-21)6-2-17(1)9-11-23-12-10-18-3-7-20(8-4-18)25-14-22-16-27-22/h9-12,17-22H,1-8,13-16H2. The fraction of sp³-hybridized carbons (Fsp3) is 0.818. The summed E-state index contributed by atoms with van der Waals surface area (Å²) in [7, 11) is 0. The van der Waals surface area contributed by atoms with Crippen molar-refractivity contribution in [1.82, 2.24) is 0 Å². The van der Waals surface area contributed by atoms with Crippen molar-refractivity contribution >= 4 is 0 Å². The normalized spacial score (nSPS) is 39.1. The van der Waals surface area contributed by atoms with Crippen LogP contribution in [0, 0.1) is 11.8 Å². The summed E-state index contributed by atoms with van der Waals surface area (Å²) in [6.45, 7) is 3.33. The van der Waals surface area contributed by atoms with Gasteiger partial charge in [0.05, 0.1) is 51.2 Å². The van der Waals surface area contributed by atoms with Crippen LogP contribution >= 0.6 is 0 Å². The average Bonchev–Trinajstić information content (AvgIpc) is 3.61. The molecular formula is C22H34O5. The van der Waals surface area contributed by atoms with E-state index in [4.69, 9.17) is 23.7 Å². The lowest BCUT2D eigenvalue weighted by Gasteiger charge is -2.26. The molecule has 2 unspecified atom stereocenters. The van der Waals surface area contributed by atoms with E-state index < -0.39 is 0 Å². The molecule has 0 amide bonds. The molecule has 5 nitrogen and oxygen atoms in total. The molecule has 2 saturated carbocycles. The number of ether oxygens (including phenoxy) is 5. The van der Waals surface area contributed by atoms with Gasteiger partial charge in [0.15, 0.2) is 0 Å². The minimum atomic E-state index is 0.378. The second kappa shape index (κ2) is 10.1. The maximum absolute atomic E-state index is 5.90. The Kier molecular flexibility index (Phi) is 7.24. The Labute approximate surface area is 163 Å². The molecule has 152 valence electrons. The summed E-state index contributed by atoms with van der Waals surface area (Å²) >= 11 is 0. The summed E-state index contributed by atoms with van der Waals surface area (Å²) < 4.78 is 27.8. The van der Waals surface area contributed by atoms with Crippen molar-refractivity contribution in [1.29, 1.82) is 0 Å². The van der Waals surface area contributed by atoms with Crippen molar-refractivity contribution in [2.24, 2.45) is 11.8 Å². The molecule has 0 aromatic rings. The van der Waals surface area contributed by atoms with Crippen molar-refractivity contribution in [3.05, 3.63) is 24.7 Å². The topological polar surface area (TPSA) is 52.8 Å². The summed E-state index contributed by atoms with van der Waals surface area (Å²) in [5.74, 6) is 1.25. The fourth-order valence-corrected chi connectivity index (χ4v) is 4.07. The van der Waals surface area contributed by atoms with E-state index in [1.165, 1.54) is 25.7 Å². The third-order valence-electron chi connectivity index (χ3n) is 6.14. The van der Waals surface area contributed by atoms with E-state index in [1.54, 1.807) is 0 Å². The molecule has 2 saturated heterocycles. The van der Waals surface area contributed by atoms with Crippen LogP contribution in [0.2, 0.25) is 0 Å². The first-order valence-electron chi connectivity index (χ1n) is 10.8. The monoisotopic (exact) mass is 378 g/mol. The third kappa shape index (κ3) is 7.22. The van der Waals surface area contributed by atoms with Crippen LogP contribution in [-0.2, 0) is 23.7 Å². The maximum atomic E-state index is 5.90. The Morgan fingerprint density at radius 3 is 1.41 bits per heavy atom. The summed E-state index contributed by atoms with van der Waals surface area (Å²) in [4.78, 5) is 0. The predicted molar refractivity (Wildman–Crippen MR) is 102 cm³/mol. The van der Waals surface area contributed by atoms with E-state index in [1.807, 2.05) is 12.5 Å². The van der Waals surface area contributed by atoms with Crippen LogP contribution in [0.25, 0.3) is 0 Å². The van der Waals surface area contributed by atoms with E-state index in [-0.39, 0.29) is 0 Å². The van der Waals surface area contributed by atoms with Gasteiger partial charge in [-0.15, -0.1) is 0 Å². The first-order valence-corrected chi connectivity index (χ1v) is 10.8. The van der Waals surface area contributed by atoms with Crippen molar-refractivity contribution in [2.75, 3.05) is 26.4 Å². The van der Waals surface area contributed by atoms with Gasteiger partial charge >= 0.3 is 0 Å². The quantitative estimate of drug-likeness (QED) is 0.425. The van der Waals surface area contributed by atoms with Gasteiger partial charge in [0.25, 0.3) is 0 Å². The minimum Gasteiger partial charge on any atom is -0.473 e. The van der Waals surface area contributed by atoms with Gasteiger partial charge in [0.1, 0.15) is 12.2 Å². The fourth-order valence-electron chi connectivity index (χ4n) is 4.07. The van der Waals surface area contributed by atoms with Gasteiger partial charge in [-0.1, -0.05) is 0 Å². The van der Waals surface area contributed by atoms with Gasteiger partial charge in [0, 0.05) is 0 Å². The molecule has 0 spiro atoms. The molecule has 2 aliphatic carbocycles. The van der Waals surface area contributed by atoms with Crippen LogP contribution in [0.3, 0.4) is 0 Å². The SMILES string of the molecule is C(=CC1CCC(OCC2CO2)CC1)OC=CC1CCC(OCC2CO2)CC1. The molecule has 4 fully saturated rings. The van der Waals surface area contributed by atoms with E-state index in [9.17, 15) is 0 Å². The lowest BCUT2D eigenvalue weighted by Crippen LogP contribution is -2.22. The Morgan fingerprint density at radius 1 is 0.630 bits per heavy atom. The van der Waals surface area contributed by atoms with Gasteiger partial charge in [0.2, 0.25) is 0 Å². The van der Waals surface area contributed by atoms with Crippen LogP contribution < -0.4 is 0 Å². The number of allylic oxidation sites excluding steroid dienone is 2. The zero-order valence-electron chi connectivity index (χ0n) is 16.3. The Bertz CT molecular complexity index is 437. The largest absolute Gasteiger partial charge is 0.473 e. The van der Waals surface area contributed by atoms with E-state index >= 15 is 0 Å². The highest BCUT2D eigenvalue weighted by Crippen LogP contribution is 2.29. The van der Waals surface area contributed by atoms with Gasteiger partial charge in [-0.2, -0.15) is 0 Å². The molecule has 2 heterocycles. The third-order valence-corrected chi connectivity index (χ3v) is 6.14. The highest BCUT2D eigenvalue weighted by molar-refractivity contribution is 4.91. The molecule has 27 heavy (non-hydrogen) atoms. The second-order valence-corrected chi connectivity index (χ2v) is 8.44. The summed E-state index contributed by atoms with van der Waals surface area (Å²) in [6.07, 6.45) is 19.1. The van der Waals surface area contributed by atoms with Gasteiger partial charge in [-0.05, 0) is 75.4 Å². The van der Waals surface area contributed by atoms with Crippen molar-refractivity contribution < 1.29 is 23.7 Å². The van der Waals surface area contributed by atoms with Crippen molar-refractivity contribution in [3.63, 3.8) is 0 Å². The molecule has 4 aliphatic rings. The minimum absolute atomic E-state index is 0.378. The average molecular weight is 379 g/mol. The maximum Gasteiger partial charge on any atom is 0.104 e. The van der Waals surface area contributed by atoms with Crippen molar-refractivity contribution in [3.8, 4) is 0 Å². The summed E-state index contributed by atoms with van der Waals surface area (Å²) in [5, 5.41) is 0. The molecular weight excluding hydrogens is 344 g/mol. The molecule has 2 atom stereocenters. The number of hydrogen-bond acceptors (Lipinski definition) is 5. The number of rotatable bonds is 10. The first kappa shape index (κ1) is 19.4. The van der Waals surface area contributed by atoms with Crippen LogP contribution in [0.1, 0.15) is 51.4 Å². The van der Waals surface area contributed by atoms with Crippen LogP contribution in [0.4, 0.5) is 0 Å². The number of epoxide rings is 2. The predicted octanol–water partition coefficient (Wildman–Crippen LogP) is 3.98. The Morgan fingerprint density at radius 2 is 1.04 bits per heavy atom. The van der Waals surface area contributed by atoms with Crippen LogP contribution in [-0.4, -0.2) is 50.8 Å². The van der Waals surface area contributed by atoms with Gasteiger partial charge < -0.3 is 23.7 Å². The highest BCUT2D eigenvalue weighted by atomic mass is 16.6. The highest BCUT2D eigenvalue weighted by Gasteiger charge is 2.27. The smallest absolute Gasteiger partial charge is 0.104 e. The summed E-state index contributed by atoms with van der Waals surface area (Å²) in [5.41, 5.74) is 0. The second-order valence-electron chi connectivity index (χ2n) is 8.44. The van der Waals surface area contributed by atoms with Crippen molar-refractivity contribution in [2.45, 2.75) is 75.8 Å². The molecule has 5 heteroatoms. The van der Waals surface area contributed by atoms with Crippen LogP contribution in [0.15, 0.2) is 24.7 Å². The van der Waals surface area contributed by atoms with Crippen LogP contribution in [0.5, 0.6) is 0 Å². The number of hydrogen-bond donors (Lipinski definition) is 0. The Hall–Kier alpha value is -0.880. The van der Waals surface area contributed by atoms with E-state index in [0.29, 0.717) is 36.3 Å². The van der Waals surface area contributed by atoms with Gasteiger partial charge in [-0.25, -0.2) is 0 Å². The molecule has 4 rings (SSSR count). The molecule has 0 aromatic heterocycles.